The molecule has 2 heterocycles. The first kappa shape index (κ1) is 19.4. The zero-order valence-electron chi connectivity index (χ0n) is 17.3. The van der Waals surface area contributed by atoms with Crippen molar-refractivity contribution in [3.63, 3.8) is 0 Å². The van der Waals surface area contributed by atoms with Crippen LogP contribution in [0.15, 0.2) is 54.6 Å². The summed E-state index contributed by atoms with van der Waals surface area (Å²) in [5.41, 5.74) is 3.39. The minimum atomic E-state index is -0.141. The predicted molar refractivity (Wildman–Crippen MR) is 121 cm³/mol. The third-order valence-corrected chi connectivity index (χ3v) is 6.61. The Labute approximate surface area is 182 Å². The number of nitrogens with one attached hydrogen (secondary N) is 1. The van der Waals surface area contributed by atoms with Crippen LogP contribution >= 0.6 is 12.2 Å². The molecule has 2 aliphatic heterocycles. The maximum Gasteiger partial charge on any atom is 0.261 e. The lowest BCUT2D eigenvalue weighted by atomic mass is 9.69. The number of nitrogens with zero attached hydrogens (tertiary/aromatic N) is 1. The second-order valence-corrected chi connectivity index (χ2v) is 8.67. The summed E-state index contributed by atoms with van der Waals surface area (Å²) < 4.78 is 18.2. The summed E-state index contributed by atoms with van der Waals surface area (Å²) in [5, 5.41) is 3.53. The van der Waals surface area contributed by atoms with Gasteiger partial charge in [0.25, 0.3) is 5.17 Å². The van der Waals surface area contributed by atoms with Crippen LogP contribution in [0.25, 0.3) is 0 Å². The van der Waals surface area contributed by atoms with Crippen molar-refractivity contribution in [1.82, 2.24) is 4.90 Å². The Hall–Kier alpha value is -2.57. The molecule has 1 unspecified atom stereocenters. The molecule has 3 aliphatic rings. The lowest BCUT2D eigenvalue weighted by Gasteiger charge is -2.37. The van der Waals surface area contributed by atoms with E-state index >= 15 is 0 Å². The third-order valence-electron chi connectivity index (χ3n) is 6.41. The highest BCUT2D eigenvalue weighted by Crippen LogP contribution is 2.55. The van der Waals surface area contributed by atoms with Crippen molar-refractivity contribution in [2.45, 2.75) is 37.0 Å². The van der Waals surface area contributed by atoms with Crippen LogP contribution in [0.4, 0.5) is 5.69 Å². The van der Waals surface area contributed by atoms with Crippen LogP contribution < -0.4 is 14.8 Å². The Morgan fingerprint density at radius 1 is 1.23 bits per heavy atom. The number of ether oxygens (including phenoxy) is 3. The molecule has 1 N–H and O–H groups in total. The molecule has 6 heteroatoms. The topological polar surface area (TPSA) is 43.0 Å². The van der Waals surface area contributed by atoms with Crippen molar-refractivity contribution in [2.75, 3.05) is 26.0 Å². The predicted octanol–water partition coefficient (Wildman–Crippen LogP) is 4.27. The van der Waals surface area contributed by atoms with Crippen molar-refractivity contribution >= 4 is 23.1 Å². The van der Waals surface area contributed by atoms with Gasteiger partial charge >= 0.3 is 0 Å². The van der Waals surface area contributed by atoms with Gasteiger partial charge in [-0.1, -0.05) is 30.3 Å². The fourth-order valence-electron chi connectivity index (χ4n) is 4.96. The summed E-state index contributed by atoms with van der Waals surface area (Å²) in [7, 11) is 3.88. The molecular weight excluding hydrogens is 396 g/mol. The van der Waals surface area contributed by atoms with E-state index in [1.54, 1.807) is 7.11 Å². The van der Waals surface area contributed by atoms with Gasteiger partial charge in [-0.15, -0.1) is 0 Å². The first-order valence-corrected chi connectivity index (χ1v) is 10.8. The molecule has 5 rings (SSSR count). The molecule has 0 saturated carbocycles. The first-order chi connectivity index (χ1) is 14.6. The number of benzene rings is 2. The van der Waals surface area contributed by atoms with Gasteiger partial charge in [-0.25, -0.2) is 0 Å². The van der Waals surface area contributed by atoms with Gasteiger partial charge in [-0.2, -0.15) is 0 Å². The highest BCUT2D eigenvalue weighted by Gasteiger charge is 2.53. The molecule has 1 aliphatic carbocycles. The van der Waals surface area contributed by atoms with E-state index in [-0.39, 0.29) is 17.6 Å². The summed E-state index contributed by atoms with van der Waals surface area (Å²) in [6, 6.07) is 14.0. The standard InChI is InChI=1S/C24H26N2O3S/c1-26-13-12-24-11-10-18(28-23(30)25-17-6-4-3-5-7-17)14-20(24)29-22-19(27-2)9-8-16(15-26)21(22)24/h3-11,18,20H,12-15H2,1-2H3,(H,25,30)/t18-,20+,24?/m1/s1. The molecule has 2 aromatic rings. The van der Waals surface area contributed by atoms with E-state index in [9.17, 15) is 0 Å². The molecule has 156 valence electrons. The van der Waals surface area contributed by atoms with Gasteiger partial charge in [0.1, 0.15) is 12.2 Å². The molecule has 0 saturated heterocycles. The van der Waals surface area contributed by atoms with Crippen LogP contribution in [0.1, 0.15) is 24.0 Å². The Balaban J connectivity index is 1.41. The van der Waals surface area contributed by atoms with Gasteiger partial charge in [0.05, 0.1) is 12.5 Å². The number of methoxy groups -OCH3 is 1. The van der Waals surface area contributed by atoms with E-state index in [0.29, 0.717) is 5.17 Å². The Bertz CT molecular complexity index is 993. The lowest BCUT2D eigenvalue weighted by Crippen LogP contribution is -2.44. The van der Waals surface area contributed by atoms with Gasteiger partial charge < -0.3 is 24.4 Å². The van der Waals surface area contributed by atoms with E-state index in [1.165, 1.54) is 11.1 Å². The van der Waals surface area contributed by atoms with E-state index in [0.717, 1.165) is 43.1 Å². The molecule has 30 heavy (non-hydrogen) atoms. The maximum atomic E-state index is 6.53. The van der Waals surface area contributed by atoms with Crippen LogP contribution in [-0.2, 0) is 16.7 Å². The molecule has 2 aromatic carbocycles. The fourth-order valence-corrected chi connectivity index (χ4v) is 5.20. The lowest BCUT2D eigenvalue weighted by molar-refractivity contribution is 0.0887. The Morgan fingerprint density at radius 3 is 2.87 bits per heavy atom. The highest BCUT2D eigenvalue weighted by atomic mass is 32.1. The average Bonchev–Trinajstić information content (AvgIpc) is 3.00. The monoisotopic (exact) mass is 422 g/mol. The summed E-state index contributed by atoms with van der Waals surface area (Å²) in [6.45, 7) is 1.93. The molecule has 0 fully saturated rings. The van der Waals surface area contributed by atoms with Crippen LogP contribution in [0.3, 0.4) is 0 Å². The van der Waals surface area contributed by atoms with E-state index < -0.39 is 0 Å². The number of thiocarbonyl (C=S) groups is 1. The van der Waals surface area contributed by atoms with Gasteiger partial charge in [0, 0.05) is 24.2 Å². The Kier molecular flexibility index (Phi) is 4.91. The molecule has 0 amide bonds. The Morgan fingerprint density at radius 2 is 2.07 bits per heavy atom. The van der Waals surface area contributed by atoms with Crippen LogP contribution in [0, 0.1) is 0 Å². The normalized spacial score (nSPS) is 26.7. The van der Waals surface area contributed by atoms with Crippen molar-refractivity contribution in [3.05, 3.63) is 65.7 Å². The summed E-state index contributed by atoms with van der Waals surface area (Å²) in [4.78, 5) is 2.38. The van der Waals surface area contributed by atoms with Crippen LogP contribution in [0.2, 0.25) is 0 Å². The number of anilines is 1. The number of para-hydroxylation sites is 1. The minimum absolute atomic E-state index is 0.00331. The highest BCUT2D eigenvalue weighted by molar-refractivity contribution is 7.80. The molecule has 0 bridgehead atoms. The smallest absolute Gasteiger partial charge is 0.261 e. The molecule has 3 atom stereocenters. The minimum Gasteiger partial charge on any atom is -0.493 e. The molecule has 5 nitrogen and oxygen atoms in total. The summed E-state index contributed by atoms with van der Waals surface area (Å²) in [6.07, 6.45) is 6.08. The molecule has 0 aromatic heterocycles. The maximum absolute atomic E-state index is 6.53. The second-order valence-electron chi connectivity index (χ2n) is 8.30. The van der Waals surface area contributed by atoms with Gasteiger partial charge in [-0.3, -0.25) is 0 Å². The second kappa shape index (κ2) is 7.60. The fraction of sp³-hybridized carbons (Fsp3) is 0.375. The van der Waals surface area contributed by atoms with Gasteiger partial charge in [0.2, 0.25) is 0 Å². The summed E-state index contributed by atoms with van der Waals surface area (Å²) >= 11 is 5.44. The van der Waals surface area contributed by atoms with Crippen molar-refractivity contribution in [3.8, 4) is 11.5 Å². The molecule has 1 spiro atoms. The SMILES string of the molecule is COc1ccc2c3c1O[C@H]1C[C@H](OC(=S)Nc4ccccc4)C=CC31CCN(C)C2. The van der Waals surface area contributed by atoms with E-state index in [4.69, 9.17) is 26.4 Å². The van der Waals surface area contributed by atoms with Crippen LogP contribution in [0.5, 0.6) is 11.5 Å². The average molecular weight is 423 g/mol. The molecular formula is C24H26N2O3S. The van der Waals surface area contributed by atoms with Crippen molar-refractivity contribution in [1.29, 1.82) is 0 Å². The largest absolute Gasteiger partial charge is 0.493 e. The van der Waals surface area contributed by atoms with Crippen molar-refractivity contribution in [2.24, 2.45) is 0 Å². The zero-order chi connectivity index (χ0) is 20.7. The van der Waals surface area contributed by atoms with Crippen molar-refractivity contribution < 1.29 is 14.2 Å². The van der Waals surface area contributed by atoms with E-state index in [2.05, 4.69) is 35.5 Å². The number of hydrogen-bond donors (Lipinski definition) is 1. The molecule has 0 radical (unpaired) electrons. The van der Waals surface area contributed by atoms with Crippen LogP contribution in [-0.4, -0.2) is 43.0 Å². The number of hydrogen-bond acceptors (Lipinski definition) is 5. The van der Waals surface area contributed by atoms with Gasteiger partial charge in [-0.05, 0) is 62.1 Å². The van der Waals surface area contributed by atoms with E-state index in [1.807, 2.05) is 36.4 Å². The number of rotatable bonds is 3. The van der Waals surface area contributed by atoms with Gasteiger partial charge in [0.15, 0.2) is 11.5 Å². The summed E-state index contributed by atoms with van der Waals surface area (Å²) in [5.74, 6) is 1.70. The zero-order valence-corrected chi connectivity index (χ0v) is 18.1. The quantitative estimate of drug-likeness (QED) is 0.589. The third kappa shape index (κ3) is 3.24. The first-order valence-electron chi connectivity index (χ1n) is 10.4.